The van der Waals surface area contributed by atoms with Gasteiger partial charge in [-0.05, 0) is 43.2 Å². The van der Waals surface area contributed by atoms with E-state index in [1.54, 1.807) is 13.4 Å². The molecule has 0 amide bonds. The summed E-state index contributed by atoms with van der Waals surface area (Å²) in [5.74, 6) is -2.72. The van der Waals surface area contributed by atoms with Gasteiger partial charge in [-0.2, -0.15) is 0 Å². The van der Waals surface area contributed by atoms with Crippen LogP contribution < -0.4 is 4.74 Å². The summed E-state index contributed by atoms with van der Waals surface area (Å²) in [6, 6.07) is 7.35. The van der Waals surface area contributed by atoms with Gasteiger partial charge in [-0.25, -0.2) is 18.2 Å². The highest BCUT2D eigenvalue weighted by atomic mass is 19.2. The molecule has 0 saturated carbocycles. The SMILES string of the molecule is CCC(c1cc(F)c(F)c(F)c1)N1CCOC2C(c3ccc(-n4cnc(C)c4)c(OC)c3)=NN=C21. The zero-order chi connectivity index (χ0) is 24.7. The standard InChI is InChI=1S/C25H24F3N5O2/c1-4-19(16-9-17(26)22(28)18(27)10-16)33-7-8-35-24-23(30-31-25(24)33)15-5-6-20(21(11-15)34-3)32-12-14(2)29-13-32/h5-6,9-13,19,24H,4,7-8H2,1-3H3. The number of hydrogen-bond donors (Lipinski definition) is 0. The van der Waals surface area contributed by atoms with E-state index in [2.05, 4.69) is 15.2 Å². The molecular weight excluding hydrogens is 459 g/mol. The predicted molar refractivity (Wildman–Crippen MR) is 125 cm³/mol. The molecule has 0 N–H and O–H groups in total. The van der Waals surface area contributed by atoms with Crippen LogP contribution in [0.2, 0.25) is 0 Å². The zero-order valence-corrected chi connectivity index (χ0v) is 19.5. The average Bonchev–Trinajstić information content (AvgIpc) is 3.49. The molecule has 0 aliphatic carbocycles. The van der Waals surface area contributed by atoms with Crippen LogP contribution in [0.3, 0.4) is 0 Å². The smallest absolute Gasteiger partial charge is 0.194 e. The van der Waals surface area contributed by atoms with Crippen molar-refractivity contribution in [2.24, 2.45) is 10.2 Å². The molecule has 2 aromatic carbocycles. The molecule has 5 rings (SSSR count). The van der Waals surface area contributed by atoms with Gasteiger partial charge in [0.2, 0.25) is 0 Å². The molecule has 2 aliphatic rings. The van der Waals surface area contributed by atoms with E-state index in [9.17, 15) is 13.2 Å². The lowest BCUT2D eigenvalue weighted by atomic mass is 9.98. The van der Waals surface area contributed by atoms with Crippen molar-refractivity contribution in [1.82, 2.24) is 14.5 Å². The van der Waals surface area contributed by atoms with Gasteiger partial charge in [0.25, 0.3) is 0 Å². The van der Waals surface area contributed by atoms with Crippen molar-refractivity contribution in [3.05, 3.63) is 77.1 Å². The van der Waals surface area contributed by atoms with E-state index in [1.165, 1.54) is 0 Å². The highest BCUT2D eigenvalue weighted by Gasteiger charge is 2.39. The maximum atomic E-state index is 14.0. The van der Waals surface area contributed by atoms with Crippen LogP contribution >= 0.6 is 0 Å². The number of aryl methyl sites for hydroxylation is 1. The summed E-state index contributed by atoms with van der Waals surface area (Å²) in [7, 11) is 1.59. The predicted octanol–water partition coefficient (Wildman–Crippen LogP) is 4.57. The van der Waals surface area contributed by atoms with Crippen LogP contribution in [0, 0.1) is 24.4 Å². The average molecular weight is 483 g/mol. The van der Waals surface area contributed by atoms with E-state index in [1.807, 2.05) is 47.7 Å². The quantitative estimate of drug-likeness (QED) is 0.482. The van der Waals surface area contributed by atoms with E-state index in [0.29, 0.717) is 42.4 Å². The maximum absolute atomic E-state index is 14.0. The van der Waals surface area contributed by atoms with Crippen molar-refractivity contribution >= 4 is 11.5 Å². The number of halogens is 3. The fraction of sp³-hybridized carbons (Fsp3) is 0.320. The molecule has 182 valence electrons. The van der Waals surface area contributed by atoms with Gasteiger partial charge in [0.1, 0.15) is 11.5 Å². The molecule has 1 saturated heterocycles. The maximum Gasteiger partial charge on any atom is 0.194 e. The molecule has 35 heavy (non-hydrogen) atoms. The zero-order valence-electron chi connectivity index (χ0n) is 19.5. The first-order valence-electron chi connectivity index (χ1n) is 11.3. The van der Waals surface area contributed by atoms with Gasteiger partial charge in [0.05, 0.1) is 37.5 Å². The van der Waals surface area contributed by atoms with E-state index >= 15 is 0 Å². The molecule has 2 aliphatic heterocycles. The number of amidine groups is 1. The second-order valence-corrected chi connectivity index (χ2v) is 8.42. The minimum atomic E-state index is -1.48. The van der Waals surface area contributed by atoms with Crippen molar-refractivity contribution in [3.63, 3.8) is 0 Å². The first kappa shape index (κ1) is 23.1. The Labute approximate surface area is 200 Å². The first-order valence-corrected chi connectivity index (χ1v) is 11.3. The van der Waals surface area contributed by atoms with Crippen LogP contribution in [0.1, 0.15) is 36.2 Å². The third-order valence-corrected chi connectivity index (χ3v) is 6.27. The Kier molecular flexibility index (Phi) is 6.06. The Balaban J connectivity index is 1.43. The number of rotatable bonds is 6. The van der Waals surface area contributed by atoms with Gasteiger partial charge in [0.15, 0.2) is 29.4 Å². The summed E-state index contributed by atoms with van der Waals surface area (Å²) in [6.07, 6.45) is 3.60. The normalized spacial score (nSPS) is 18.2. The van der Waals surface area contributed by atoms with E-state index in [0.717, 1.165) is 29.1 Å². The highest BCUT2D eigenvalue weighted by Crippen LogP contribution is 2.33. The molecular formula is C25H24F3N5O2. The monoisotopic (exact) mass is 483 g/mol. The molecule has 3 aromatic rings. The van der Waals surface area contributed by atoms with Gasteiger partial charge in [-0.15, -0.1) is 10.2 Å². The Morgan fingerprint density at radius 1 is 1.14 bits per heavy atom. The lowest BCUT2D eigenvalue weighted by molar-refractivity contribution is 0.0734. The van der Waals surface area contributed by atoms with Crippen molar-refractivity contribution in [1.29, 1.82) is 0 Å². The van der Waals surface area contributed by atoms with Crippen molar-refractivity contribution in [3.8, 4) is 11.4 Å². The first-order chi connectivity index (χ1) is 16.9. The molecule has 0 spiro atoms. The number of morpholine rings is 1. The number of nitrogens with zero attached hydrogens (tertiary/aromatic N) is 5. The topological polar surface area (TPSA) is 64.2 Å². The summed E-state index contributed by atoms with van der Waals surface area (Å²) >= 11 is 0. The van der Waals surface area contributed by atoms with Crippen LogP contribution in [-0.2, 0) is 4.74 Å². The number of ether oxygens (including phenoxy) is 2. The van der Waals surface area contributed by atoms with Gasteiger partial charge in [-0.3, -0.25) is 0 Å². The fourth-order valence-corrected chi connectivity index (χ4v) is 4.61. The van der Waals surface area contributed by atoms with Crippen LogP contribution in [-0.4, -0.2) is 52.4 Å². The number of benzene rings is 2. The molecule has 3 heterocycles. The second kappa shape index (κ2) is 9.18. The van der Waals surface area contributed by atoms with Crippen molar-refractivity contribution in [2.45, 2.75) is 32.4 Å². The minimum absolute atomic E-state index is 0.336. The number of aromatic nitrogens is 2. The summed E-state index contributed by atoms with van der Waals surface area (Å²) in [5.41, 5.74) is 3.44. The highest BCUT2D eigenvalue weighted by molar-refractivity contribution is 6.20. The Morgan fingerprint density at radius 3 is 2.57 bits per heavy atom. The molecule has 0 radical (unpaired) electrons. The minimum Gasteiger partial charge on any atom is -0.495 e. The summed E-state index contributed by atoms with van der Waals surface area (Å²) < 4.78 is 55.0. The third kappa shape index (κ3) is 4.07. The molecule has 0 bridgehead atoms. The lowest BCUT2D eigenvalue weighted by Gasteiger charge is -2.39. The fourth-order valence-electron chi connectivity index (χ4n) is 4.61. The molecule has 2 unspecified atom stereocenters. The Morgan fingerprint density at radius 2 is 1.91 bits per heavy atom. The number of fused-ring (bicyclic) bond motifs is 1. The van der Waals surface area contributed by atoms with Gasteiger partial charge < -0.3 is 18.9 Å². The second-order valence-electron chi connectivity index (χ2n) is 8.42. The van der Waals surface area contributed by atoms with Crippen molar-refractivity contribution < 1.29 is 22.6 Å². The van der Waals surface area contributed by atoms with Crippen LogP contribution in [0.5, 0.6) is 5.75 Å². The largest absolute Gasteiger partial charge is 0.495 e. The van der Waals surface area contributed by atoms with Crippen LogP contribution in [0.15, 0.2) is 53.1 Å². The number of hydrogen-bond acceptors (Lipinski definition) is 6. The molecule has 2 atom stereocenters. The summed E-state index contributed by atoms with van der Waals surface area (Å²) in [6.45, 7) is 4.63. The Bertz CT molecular complexity index is 1310. The van der Waals surface area contributed by atoms with Crippen LogP contribution in [0.4, 0.5) is 13.2 Å². The summed E-state index contributed by atoms with van der Waals surface area (Å²) in [5, 5.41) is 8.78. The van der Waals surface area contributed by atoms with E-state index < -0.39 is 29.6 Å². The molecule has 1 fully saturated rings. The van der Waals surface area contributed by atoms with Gasteiger partial charge >= 0.3 is 0 Å². The molecule has 7 nitrogen and oxygen atoms in total. The number of imidazole rings is 1. The van der Waals surface area contributed by atoms with Gasteiger partial charge in [-0.1, -0.05) is 13.0 Å². The van der Waals surface area contributed by atoms with E-state index in [-0.39, 0.29) is 0 Å². The molecule has 1 aromatic heterocycles. The van der Waals surface area contributed by atoms with Crippen molar-refractivity contribution in [2.75, 3.05) is 20.3 Å². The van der Waals surface area contributed by atoms with E-state index in [4.69, 9.17) is 9.47 Å². The van der Waals surface area contributed by atoms with Gasteiger partial charge in [0, 0.05) is 18.3 Å². The lowest BCUT2D eigenvalue weighted by Crippen LogP contribution is -2.50. The van der Waals surface area contributed by atoms with Crippen LogP contribution in [0.25, 0.3) is 5.69 Å². The third-order valence-electron chi connectivity index (χ3n) is 6.27. The number of methoxy groups -OCH3 is 1. The summed E-state index contributed by atoms with van der Waals surface area (Å²) in [4.78, 5) is 6.20. The Hall–Kier alpha value is -3.66. The molecule has 10 heteroatoms.